The number of pyridine rings is 1. The van der Waals surface area contributed by atoms with E-state index in [0.29, 0.717) is 23.4 Å². The lowest BCUT2D eigenvalue weighted by molar-refractivity contribution is -0.122. The van der Waals surface area contributed by atoms with E-state index in [2.05, 4.69) is 4.98 Å². The van der Waals surface area contributed by atoms with Gasteiger partial charge in [-0.2, -0.15) is 0 Å². The predicted octanol–water partition coefficient (Wildman–Crippen LogP) is 4.20. The van der Waals surface area contributed by atoms with Crippen LogP contribution >= 0.6 is 11.6 Å². The topological polar surface area (TPSA) is 94.8 Å². The molecular formula is C27H30ClN3O4. The van der Waals surface area contributed by atoms with Gasteiger partial charge in [-0.1, -0.05) is 41.9 Å². The molecule has 3 rings (SSSR count). The number of primary amides is 1. The summed E-state index contributed by atoms with van der Waals surface area (Å²) in [7, 11) is 3.24. The normalized spacial score (nSPS) is 12.7. The maximum atomic E-state index is 13.3. The van der Waals surface area contributed by atoms with Crippen molar-refractivity contribution in [3.8, 4) is 11.1 Å². The Kier molecular flexibility index (Phi) is 9.78. The number of nitrogens with zero attached hydrogens (tertiary/aromatic N) is 2. The second-order valence-electron chi connectivity index (χ2n) is 8.33. The monoisotopic (exact) mass is 495 g/mol. The number of hydrogen-bond donors (Lipinski definition) is 1. The summed E-state index contributed by atoms with van der Waals surface area (Å²) in [5.74, 6) is -1.10. The molecule has 2 atom stereocenters. The molecule has 7 nitrogen and oxygen atoms in total. The molecule has 0 saturated heterocycles. The van der Waals surface area contributed by atoms with E-state index < -0.39 is 11.8 Å². The molecule has 1 heterocycles. The third kappa shape index (κ3) is 7.62. The Morgan fingerprint density at radius 2 is 1.71 bits per heavy atom. The molecule has 0 saturated carbocycles. The van der Waals surface area contributed by atoms with Crippen LogP contribution in [0, 0.1) is 5.92 Å². The van der Waals surface area contributed by atoms with E-state index in [1.807, 2.05) is 48.5 Å². The first kappa shape index (κ1) is 26.3. The standard InChI is InChI=1S/C27H30ClN3O4/c1-31(27(33)22-7-5-20(6-8-22)21-9-11-24(28)12-10-21)25(17-35-18-34-2)15-23(26(29)32)14-19-4-3-13-30-16-19/h3-13,16,23,25H,14-15,17-18H2,1-2H3,(H2,29,32)/t23-,25-/m0/s1. The van der Waals surface area contributed by atoms with E-state index in [-0.39, 0.29) is 25.3 Å². The molecule has 35 heavy (non-hydrogen) atoms. The molecule has 0 unspecified atom stereocenters. The van der Waals surface area contributed by atoms with Crippen molar-refractivity contribution in [3.63, 3.8) is 0 Å². The first-order valence-corrected chi connectivity index (χ1v) is 11.6. The first-order chi connectivity index (χ1) is 16.9. The second-order valence-corrected chi connectivity index (χ2v) is 8.77. The summed E-state index contributed by atoms with van der Waals surface area (Å²) >= 11 is 5.98. The summed E-state index contributed by atoms with van der Waals surface area (Å²) < 4.78 is 10.6. The van der Waals surface area contributed by atoms with Gasteiger partial charge < -0.3 is 20.1 Å². The van der Waals surface area contributed by atoms with Gasteiger partial charge in [0.2, 0.25) is 5.91 Å². The van der Waals surface area contributed by atoms with Gasteiger partial charge in [0.1, 0.15) is 6.79 Å². The van der Waals surface area contributed by atoms with Crippen LogP contribution in [-0.2, 0) is 20.7 Å². The van der Waals surface area contributed by atoms with Crippen LogP contribution in [-0.4, -0.2) is 55.3 Å². The molecule has 1 aromatic heterocycles. The Balaban J connectivity index is 1.75. The van der Waals surface area contributed by atoms with Crippen LogP contribution in [0.1, 0.15) is 22.3 Å². The van der Waals surface area contributed by atoms with E-state index >= 15 is 0 Å². The fourth-order valence-corrected chi connectivity index (χ4v) is 3.98. The van der Waals surface area contributed by atoms with Crippen LogP contribution < -0.4 is 5.73 Å². The van der Waals surface area contributed by atoms with Gasteiger partial charge in [-0.15, -0.1) is 0 Å². The smallest absolute Gasteiger partial charge is 0.253 e. The lowest BCUT2D eigenvalue weighted by Crippen LogP contribution is -2.43. The molecule has 0 aliphatic rings. The zero-order chi connectivity index (χ0) is 25.2. The van der Waals surface area contributed by atoms with Crippen LogP contribution in [0.4, 0.5) is 0 Å². The molecule has 184 valence electrons. The van der Waals surface area contributed by atoms with E-state index in [0.717, 1.165) is 16.7 Å². The third-order valence-corrected chi connectivity index (χ3v) is 6.10. The molecule has 2 aromatic carbocycles. The zero-order valence-electron chi connectivity index (χ0n) is 19.9. The van der Waals surface area contributed by atoms with E-state index in [4.69, 9.17) is 26.8 Å². The van der Waals surface area contributed by atoms with Crippen molar-refractivity contribution in [2.75, 3.05) is 27.6 Å². The molecule has 0 bridgehead atoms. The average molecular weight is 496 g/mol. The summed E-state index contributed by atoms with van der Waals surface area (Å²) in [4.78, 5) is 31.3. The maximum absolute atomic E-state index is 13.3. The van der Waals surface area contributed by atoms with Gasteiger partial charge >= 0.3 is 0 Å². The van der Waals surface area contributed by atoms with Crippen molar-refractivity contribution in [1.82, 2.24) is 9.88 Å². The molecule has 0 aliphatic heterocycles. The highest BCUT2D eigenvalue weighted by atomic mass is 35.5. The van der Waals surface area contributed by atoms with Gasteiger partial charge in [-0.25, -0.2) is 0 Å². The molecule has 0 aliphatic carbocycles. The number of benzene rings is 2. The number of nitrogens with two attached hydrogens (primary N) is 1. The summed E-state index contributed by atoms with van der Waals surface area (Å²) in [6.45, 7) is 0.286. The molecule has 0 spiro atoms. The van der Waals surface area contributed by atoms with Crippen molar-refractivity contribution in [2.24, 2.45) is 11.7 Å². The minimum absolute atomic E-state index is 0.0815. The summed E-state index contributed by atoms with van der Waals surface area (Å²) in [5, 5.41) is 0.668. The van der Waals surface area contributed by atoms with Crippen molar-refractivity contribution in [3.05, 3.63) is 89.2 Å². The van der Waals surface area contributed by atoms with E-state index in [9.17, 15) is 9.59 Å². The number of carbonyl (C=O) groups is 2. The number of hydrogen-bond acceptors (Lipinski definition) is 5. The van der Waals surface area contributed by atoms with Crippen molar-refractivity contribution in [2.45, 2.75) is 18.9 Å². The fraction of sp³-hybridized carbons (Fsp3) is 0.296. The van der Waals surface area contributed by atoms with E-state index in [1.165, 1.54) is 7.11 Å². The predicted molar refractivity (Wildman–Crippen MR) is 136 cm³/mol. The molecular weight excluding hydrogens is 466 g/mol. The van der Waals surface area contributed by atoms with Crippen LogP contribution in [0.2, 0.25) is 5.02 Å². The Morgan fingerprint density at radius 1 is 1.06 bits per heavy atom. The van der Waals surface area contributed by atoms with Crippen LogP contribution in [0.3, 0.4) is 0 Å². The number of halogens is 1. The lowest BCUT2D eigenvalue weighted by Gasteiger charge is -2.30. The Hall–Kier alpha value is -3.26. The van der Waals surface area contributed by atoms with Crippen LogP contribution in [0.5, 0.6) is 0 Å². The minimum atomic E-state index is -0.488. The number of methoxy groups -OCH3 is 1. The lowest BCUT2D eigenvalue weighted by atomic mass is 9.92. The Labute approximate surface area is 210 Å². The Bertz CT molecular complexity index is 1090. The Morgan fingerprint density at radius 3 is 2.29 bits per heavy atom. The van der Waals surface area contributed by atoms with Gasteiger partial charge in [-0.3, -0.25) is 14.6 Å². The van der Waals surface area contributed by atoms with Gasteiger partial charge in [0.25, 0.3) is 5.91 Å². The summed E-state index contributed by atoms with van der Waals surface area (Å²) in [6, 6.07) is 18.2. The number of amides is 2. The van der Waals surface area contributed by atoms with Gasteiger partial charge in [-0.05, 0) is 59.9 Å². The first-order valence-electron chi connectivity index (χ1n) is 11.3. The molecule has 2 amide bonds. The van der Waals surface area contributed by atoms with Gasteiger partial charge in [0.05, 0.1) is 12.6 Å². The number of ether oxygens (including phenoxy) is 2. The van der Waals surface area contributed by atoms with Crippen molar-refractivity contribution >= 4 is 23.4 Å². The third-order valence-electron chi connectivity index (χ3n) is 5.85. The van der Waals surface area contributed by atoms with Crippen molar-refractivity contribution in [1.29, 1.82) is 0 Å². The summed E-state index contributed by atoms with van der Waals surface area (Å²) in [6.07, 6.45) is 4.17. The fourth-order valence-electron chi connectivity index (χ4n) is 3.85. The van der Waals surface area contributed by atoms with Crippen LogP contribution in [0.25, 0.3) is 11.1 Å². The van der Waals surface area contributed by atoms with Crippen LogP contribution in [0.15, 0.2) is 73.1 Å². The minimum Gasteiger partial charge on any atom is -0.369 e. The largest absolute Gasteiger partial charge is 0.369 e. The molecule has 0 radical (unpaired) electrons. The SMILES string of the molecule is COCOC[C@H](C[C@H](Cc1cccnc1)C(N)=O)N(C)C(=O)c1ccc(-c2ccc(Cl)cc2)cc1. The molecule has 3 aromatic rings. The van der Waals surface area contributed by atoms with Gasteiger partial charge in [0.15, 0.2) is 0 Å². The zero-order valence-corrected chi connectivity index (χ0v) is 20.6. The molecule has 2 N–H and O–H groups in total. The quantitative estimate of drug-likeness (QED) is 0.300. The number of rotatable bonds is 12. The summed E-state index contributed by atoms with van der Waals surface area (Å²) in [5.41, 5.74) is 9.14. The van der Waals surface area contributed by atoms with E-state index in [1.54, 1.807) is 36.5 Å². The molecule has 0 fully saturated rings. The second kappa shape index (κ2) is 13.0. The van der Waals surface area contributed by atoms with Gasteiger partial charge in [0, 0.05) is 43.1 Å². The highest BCUT2D eigenvalue weighted by Gasteiger charge is 2.28. The maximum Gasteiger partial charge on any atom is 0.253 e. The average Bonchev–Trinajstić information content (AvgIpc) is 2.88. The number of aromatic nitrogens is 1. The highest BCUT2D eigenvalue weighted by molar-refractivity contribution is 6.30. The van der Waals surface area contributed by atoms with Crippen molar-refractivity contribution < 1.29 is 19.1 Å². The highest BCUT2D eigenvalue weighted by Crippen LogP contribution is 2.23. The molecule has 8 heteroatoms. The number of carbonyl (C=O) groups excluding carboxylic acids is 2. The number of likely N-dealkylation sites (N-methyl/N-ethyl adjacent to an activating group) is 1.